The molecule has 1 N–H and O–H groups in total. The predicted molar refractivity (Wildman–Crippen MR) is 93.0 cm³/mol. The van der Waals surface area contributed by atoms with E-state index in [2.05, 4.69) is 10.3 Å². The van der Waals surface area contributed by atoms with Crippen LogP contribution in [0.15, 0.2) is 12.3 Å². The van der Waals surface area contributed by atoms with Crippen molar-refractivity contribution in [1.29, 1.82) is 0 Å². The number of nitrogens with zero attached hydrogens (tertiary/aromatic N) is 1. The summed E-state index contributed by atoms with van der Waals surface area (Å²) in [5.74, 6) is 0.898. The van der Waals surface area contributed by atoms with Gasteiger partial charge in [-0.1, -0.05) is 11.6 Å². The van der Waals surface area contributed by atoms with Crippen LogP contribution in [0.3, 0.4) is 0 Å². The van der Waals surface area contributed by atoms with Gasteiger partial charge in [-0.3, -0.25) is 4.79 Å². The quantitative estimate of drug-likeness (QED) is 0.706. The number of aromatic nitrogens is 1. The summed E-state index contributed by atoms with van der Waals surface area (Å²) in [5, 5.41) is 3.13. The molecule has 2 rings (SSSR count). The molecule has 1 aromatic rings. The van der Waals surface area contributed by atoms with Gasteiger partial charge in [0.1, 0.15) is 16.9 Å². The Morgan fingerprint density at radius 3 is 2.76 bits per heavy atom. The number of halogens is 1. The first-order valence-corrected chi connectivity index (χ1v) is 8.78. The Morgan fingerprint density at radius 1 is 1.44 bits per heavy atom. The molecule has 1 aliphatic rings. The number of carbonyl (C=O) groups is 1. The van der Waals surface area contributed by atoms with Crippen LogP contribution in [0.2, 0.25) is 5.02 Å². The fraction of sp³-hybridized carbons (Fsp3) is 0.647. The second kappa shape index (κ2) is 9.79. The molecule has 0 unspecified atom stereocenters. The molecule has 1 aliphatic heterocycles. The lowest BCUT2D eigenvalue weighted by Gasteiger charge is -2.29. The van der Waals surface area contributed by atoms with E-state index in [1.807, 2.05) is 13.8 Å². The van der Waals surface area contributed by atoms with E-state index in [9.17, 15) is 4.79 Å². The standard InChI is InChI=1S/C17H25ClN2O5/c1-11(2)24-13-7-15(18)17(20-8-13)25-14-9-22-16(23-10-14)5-4-6-19-12(3)21/h7-8,11,14,16H,4-6,9-10H2,1-3H3,(H,19,21). The summed E-state index contributed by atoms with van der Waals surface area (Å²) in [6.45, 7) is 6.77. The molecule has 140 valence electrons. The summed E-state index contributed by atoms with van der Waals surface area (Å²) in [6.07, 6.45) is 2.59. The van der Waals surface area contributed by atoms with Gasteiger partial charge in [-0.15, -0.1) is 0 Å². The van der Waals surface area contributed by atoms with Gasteiger partial charge in [-0.05, 0) is 20.3 Å². The van der Waals surface area contributed by atoms with Gasteiger partial charge in [0.2, 0.25) is 11.8 Å². The summed E-state index contributed by atoms with van der Waals surface area (Å²) < 4.78 is 22.5. The van der Waals surface area contributed by atoms with Crippen molar-refractivity contribution in [3.05, 3.63) is 17.3 Å². The Labute approximate surface area is 152 Å². The highest BCUT2D eigenvalue weighted by Crippen LogP contribution is 2.28. The van der Waals surface area contributed by atoms with Crippen LogP contribution in [0.25, 0.3) is 0 Å². The lowest BCUT2D eigenvalue weighted by molar-refractivity contribution is -0.213. The van der Waals surface area contributed by atoms with Crippen molar-refractivity contribution in [2.24, 2.45) is 0 Å². The van der Waals surface area contributed by atoms with E-state index in [0.717, 1.165) is 6.42 Å². The molecule has 2 heterocycles. The Balaban J connectivity index is 1.73. The van der Waals surface area contributed by atoms with Gasteiger partial charge in [-0.25, -0.2) is 4.98 Å². The molecular formula is C17H25ClN2O5. The van der Waals surface area contributed by atoms with Gasteiger partial charge in [0.05, 0.1) is 25.5 Å². The van der Waals surface area contributed by atoms with Crippen molar-refractivity contribution >= 4 is 17.5 Å². The number of carbonyl (C=O) groups excluding carboxylic acids is 1. The molecular weight excluding hydrogens is 348 g/mol. The van der Waals surface area contributed by atoms with Crippen LogP contribution in [-0.2, 0) is 14.3 Å². The van der Waals surface area contributed by atoms with Crippen molar-refractivity contribution in [3.8, 4) is 11.6 Å². The number of amides is 1. The topological polar surface area (TPSA) is 78.9 Å². The monoisotopic (exact) mass is 372 g/mol. The highest BCUT2D eigenvalue weighted by molar-refractivity contribution is 6.31. The number of nitrogens with one attached hydrogen (secondary N) is 1. The van der Waals surface area contributed by atoms with Crippen LogP contribution >= 0.6 is 11.6 Å². The van der Waals surface area contributed by atoms with Crippen molar-refractivity contribution in [2.75, 3.05) is 19.8 Å². The van der Waals surface area contributed by atoms with Crippen molar-refractivity contribution in [3.63, 3.8) is 0 Å². The third kappa shape index (κ3) is 7.05. The van der Waals surface area contributed by atoms with E-state index >= 15 is 0 Å². The van der Waals surface area contributed by atoms with Crippen LogP contribution in [0.5, 0.6) is 11.6 Å². The number of hydrogen-bond acceptors (Lipinski definition) is 6. The third-order valence-electron chi connectivity index (χ3n) is 3.36. The second-order valence-electron chi connectivity index (χ2n) is 6.09. The maximum atomic E-state index is 10.8. The maximum absolute atomic E-state index is 10.8. The van der Waals surface area contributed by atoms with Crippen LogP contribution in [0.4, 0.5) is 0 Å². The van der Waals surface area contributed by atoms with E-state index in [1.54, 1.807) is 12.3 Å². The molecule has 0 atom stereocenters. The average molecular weight is 373 g/mol. The molecule has 1 aromatic heterocycles. The number of hydrogen-bond donors (Lipinski definition) is 1. The molecule has 0 radical (unpaired) electrons. The number of pyridine rings is 1. The Kier molecular flexibility index (Phi) is 7.74. The first kappa shape index (κ1) is 19.8. The Hall–Kier alpha value is -1.57. The minimum Gasteiger partial charge on any atom is -0.489 e. The number of ether oxygens (including phenoxy) is 4. The SMILES string of the molecule is CC(=O)NCCCC1OCC(Oc2ncc(OC(C)C)cc2Cl)CO1. The van der Waals surface area contributed by atoms with E-state index in [1.165, 1.54) is 6.92 Å². The molecule has 0 bridgehead atoms. The predicted octanol–water partition coefficient (Wildman–Crippen LogP) is 2.56. The smallest absolute Gasteiger partial charge is 0.233 e. The van der Waals surface area contributed by atoms with E-state index in [4.69, 9.17) is 30.5 Å². The molecule has 25 heavy (non-hydrogen) atoms. The fourth-order valence-corrected chi connectivity index (χ4v) is 2.48. The van der Waals surface area contributed by atoms with Crippen molar-refractivity contribution in [1.82, 2.24) is 10.3 Å². The maximum Gasteiger partial charge on any atom is 0.233 e. The summed E-state index contributed by atoms with van der Waals surface area (Å²) in [6, 6.07) is 1.68. The largest absolute Gasteiger partial charge is 0.489 e. The van der Waals surface area contributed by atoms with E-state index in [0.29, 0.717) is 42.8 Å². The summed E-state index contributed by atoms with van der Waals surface area (Å²) >= 11 is 6.19. The van der Waals surface area contributed by atoms with Crippen molar-refractivity contribution < 1.29 is 23.7 Å². The molecule has 1 saturated heterocycles. The molecule has 1 fully saturated rings. The lowest BCUT2D eigenvalue weighted by atomic mass is 10.2. The van der Waals surface area contributed by atoms with E-state index in [-0.39, 0.29) is 24.4 Å². The van der Waals surface area contributed by atoms with Crippen molar-refractivity contribution in [2.45, 2.75) is 52.1 Å². The minimum absolute atomic E-state index is 0.0341. The molecule has 0 aliphatic carbocycles. The van der Waals surface area contributed by atoms with Gasteiger partial charge in [0.25, 0.3) is 0 Å². The van der Waals surface area contributed by atoms with Crippen LogP contribution in [0.1, 0.15) is 33.6 Å². The zero-order valence-electron chi connectivity index (χ0n) is 14.8. The van der Waals surface area contributed by atoms with Gasteiger partial charge >= 0.3 is 0 Å². The molecule has 7 nitrogen and oxygen atoms in total. The highest BCUT2D eigenvalue weighted by atomic mass is 35.5. The Morgan fingerprint density at radius 2 is 2.16 bits per heavy atom. The first-order valence-electron chi connectivity index (χ1n) is 8.40. The van der Waals surface area contributed by atoms with Gasteiger partial charge in [0, 0.05) is 26.0 Å². The summed E-state index contributed by atoms with van der Waals surface area (Å²) in [5.41, 5.74) is 0. The first-order chi connectivity index (χ1) is 11.9. The van der Waals surface area contributed by atoms with Crippen LogP contribution in [0, 0.1) is 0 Å². The Bertz CT molecular complexity index is 562. The second-order valence-corrected chi connectivity index (χ2v) is 6.49. The molecule has 1 amide bonds. The average Bonchev–Trinajstić information content (AvgIpc) is 2.55. The zero-order valence-corrected chi connectivity index (χ0v) is 15.5. The molecule has 0 spiro atoms. The lowest BCUT2D eigenvalue weighted by Crippen LogP contribution is -2.39. The summed E-state index contributed by atoms with van der Waals surface area (Å²) in [4.78, 5) is 15.0. The molecule has 0 aromatic carbocycles. The highest BCUT2D eigenvalue weighted by Gasteiger charge is 2.24. The van der Waals surface area contributed by atoms with Gasteiger partial charge < -0.3 is 24.3 Å². The van der Waals surface area contributed by atoms with Gasteiger partial charge in [-0.2, -0.15) is 0 Å². The normalized spacial score (nSPS) is 20.4. The minimum atomic E-state index is -0.279. The fourth-order valence-electron chi connectivity index (χ4n) is 2.28. The summed E-state index contributed by atoms with van der Waals surface area (Å²) in [7, 11) is 0. The van der Waals surface area contributed by atoms with Crippen LogP contribution < -0.4 is 14.8 Å². The van der Waals surface area contributed by atoms with E-state index < -0.39 is 0 Å². The third-order valence-corrected chi connectivity index (χ3v) is 3.63. The van der Waals surface area contributed by atoms with Gasteiger partial charge in [0.15, 0.2) is 6.29 Å². The van der Waals surface area contributed by atoms with Crippen LogP contribution in [-0.4, -0.2) is 49.1 Å². The molecule has 8 heteroatoms. The zero-order chi connectivity index (χ0) is 18.2. The molecule has 0 saturated carbocycles. The number of rotatable bonds is 8.